The van der Waals surface area contributed by atoms with Crippen LogP contribution in [0.25, 0.3) is 0 Å². The molecule has 0 saturated heterocycles. The molecule has 3 heteroatoms. The number of hydrogen-bond acceptors (Lipinski definition) is 2. The van der Waals surface area contributed by atoms with Gasteiger partial charge in [0.05, 0.1) is 0 Å². The van der Waals surface area contributed by atoms with Gasteiger partial charge in [-0.05, 0) is 24.0 Å². The molecule has 2 N–H and O–H groups in total. The summed E-state index contributed by atoms with van der Waals surface area (Å²) in [5, 5.41) is 12.1. The van der Waals surface area contributed by atoms with E-state index in [0.29, 0.717) is 5.69 Å². The minimum absolute atomic E-state index is 0.266. The van der Waals surface area contributed by atoms with E-state index in [1.54, 1.807) is 6.07 Å². The van der Waals surface area contributed by atoms with Gasteiger partial charge in [0, 0.05) is 18.3 Å². The maximum Gasteiger partial charge on any atom is 0.166 e. The zero-order chi connectivity index (χ0) is 11.5. The molecule has 84 valence electrons. The van der Waals surface area contributed by atoms with Crippen LogP contribution in [0.15, 0.2) is 18.2 Å². The normalized spacial score (nSPS) is 11.5. The van der Waals surface area contributed by atoms with Gasteiger partial charge in [-0.2, -0.15) is 0 Å². The van der Waals surface area contributed by atoms with Gasteiger partial charge in [0.25, 0.3) is 0 Å². The highest BCUT2D eigenvalue weighted by Gasteiger charge is 2.09. The van der Waals surface area contributed by atoms with Crippen molar-refractivity contribution in [2.75, 3.05) is 11.9 Å². The van der Waals surface area contributed by atoms with Gasteiger partial charge in [-0.25, -0.2) is 4.39 Å². The van der Waals surface area contributed by atoms with Gasteiger partial charge in [0.2, 0.25) is 0 Å². The summed E-state index contributed by atoms with van der Waals surface area (Å²) in [5.74, 6) is -0.896. The summed E-state index contributed by atoms with van der Waals surface area (Å²) in [6.45, 7) is 7.28. The molecule has 0 bridgehead atoms. The lowest BCUT2D eigenvalue weighted by atomic mass is 9.92. The van der Waals surface area contributed by atoms with E-state index in [1.807, 2.05) is 0 Å². The van der Waals surface area contributed by atoms with Crippen LogP contribution in [-0.4, -0.2) is 11.7 Å². The fraction of sp³-hybridized carbons (Fsp3) is 0.500. The Hall–Kier alpha value is -1.25. The lowest BCUT2D eigenvalue weighted by Crippen LogP contribution is -2.12. The molecule has 0 aliphatic rings. The number of phenolic OH excluding ortho intramolecular Hbond substituents is 1. The van der Waals surface area contributed by atoms with Gasteiger partial charge in [-0.15, -0.1) is 0 Å². The van der Waals surface area contributed by atoms with Gasteiger partial charge in [-0.3, -0.25) is 0 Å². The molecule has 1 rings (SSSR count). The minimum atomic E-state index is -0.587. The first-order valence-corrected chi connectivity index (χ1v) is 5.11. The second-order valence-electron chi connectivity index (χ2n) is 4.90. The first-order chi connectivity index (χ1) is 6.88. The van der Waals surface area contributed by atoms with E-state index in [-0.39, 0.29) is 11.2 Å². The molecule has 0 amide bonds. The van der Waals surface area contributed by atoms with Gasteiger partial charge in [-0.1, -0.05) is 20.8 Å². The number of halogens is 1. The maximum atomic E-state index is 13.0. The highest BCUT2D eigenvalue weighted by molar-refractivity contribution is 5.46. The van der Waals surface area contributed by atoms with Crippen LogP contribution in [0.3, 0.4) is 0 Å². The number of anilines is 1. The highest BCUT2D eigenvalue weighted by Crippen LogP contribution is 2.21. The third-order valence-corrected chi connectivity index (χ3v) is 2.15. The molecule has 0 radical (unpaired) electrons. The lowest BCUT2D eigenvalue weighted by Gasteiger charge is -2.18. The monoisotopic (exact) mass is 211 g/mol. The quantitative estimate of drug-likeness (QED) is 0.751. The van der Waals surface area contributed by atoms with E-state index >= 15 is 0 Å². The topological polar surface area (TPSA) is 32.3 Å². The van der Waals surface area contributed by atoms with Crippen LogP contribution in [-0.2, 0) is 0 Å². The van der Waals surface area contributed by atoms with Crippen LogP contribution < -0.4 is 5.32 Å². The number of aromatic hydroxyl groups is 1. The van der Waals surface area contributed by atoms with Crippen LogP contribution in [0.2, 0.25) is 0 Å². The van der Waals surface area contributed by atoms with Crippen molar-refractivity contribution in [3.05, 3.63) is 24.0 Å². The van der Waals surface area contributed by atoms with Crippen molar-refractivity contribution >= 4 is 5.69 Å². The van der Waals surface area contributed by atoms with Gasteiger partial charge >= 0.3 is 0 Å². The summed E-state index contributed by atoms with van der Waals surface area (Å²) in [6.07, 6.45) is 1.01. The summed E-state index contributed by atoms with van der Waals surface area (Å²) < 4.78 is 13.0. The largest absolute Gasteiger partial charge is 0.505 e. The summed E-state index contributed by atoms with van der Waals surface area (Å²) in [4.78, 5) is 0. The van der Waals surface area contributed by atoms with Crippen LogP contribution in [0, 0.1) is 11.2 Å². The summed E-state index contributed by atoms with van der Waals surface area (Å²) in [6, 6.07) is 4.33. The lowest BCUT2D eigenvalue weighted by molar-refractivity contribution is 0.389. The van der Waals surface area contributed by atoms with Crippen molar-refractivity contribution in [1.82, 2.24) is 0 Å². The number of nitrogens with one attached hydrogen (secondary N) is 1. The molecule has 0 aliphatic carbocycles. The van der Waals surface area contributed by atoms with E-state index in [1.165, 1.54) is 12.1 Å². The van der Waals surface area contributed by atoms with Crippen molar-refractivity contribution in [3.63, 3.8) is 0 Å². The Kier molecular flexibility index (Phi) is 3.56. The molecule has 0 spiro atoms. The van der Waals surface area contributed by atoms with Crippen molar-refractivity contribution in [2.45, 2.75) is 27.2 Å². The summed E-state index contributed by atoms with van der Waals surface area (Å²) in [7, 11) is 0. The Balaban J connectivity index is 2.48. The van der Waals surface area contributed by atoms with E-state index in [2.05, 4.69) is 26.1 Å². The molecule has 0 unspecified atom stereocenters. The molecule has 15 heavy (non-hydrogen) atoms. The molecule has 0 aromatic heterocycles. The Morgan fingerprint density at radius 1 is 1.33 bits per heavy atom. The van der Waals surface area contributed by atoms with Crippen LogP contribution in [0.1, 0.15) is 27.2 Å². The molecule has 1 aromatic rings. The first-order valence-electron chi connectivity index (χ1n) is 5.11. The molecule has 1 aromatic carbocycles. The Bertz CT molecular complexity index is 331. The van der Waals surface area contributed by atoms with Crippen molar-refractivity contribution < 1.29 is 9.50 Å². The van der Waals surface area contributed by atoms with Crippen molar-refractivity contribution in [3.8, 4) is 5.75 Å². The minimum Gasteiger partial charge on any atom is -0.505 e. The third-order valence-electron chi connectivity index (χ3n) is 2.15. The fourth-order valence-electron chi connectivity index (χ4n) is 1.20. The molecule has 0 aliphatic heterocycles. The zero-order valence-corrected chi connectivity index (χ0v) is 9.47. The van der Waals surface area contributed by atoms with Gasteiger partial charge in [0.1, 0.15) is 0 Å². The number of hydrogen-bond donors (Lipinski definition) is 2. The number of rotatable bonds is 3. The van der Waals surface area contributed by atoms with Gasteiger partial charge in [0.15, 0.2) is 11.6 Å². The molecule has 2 nitrogen and oxygen atoms in total. The van der Waals surface area contributed by atoms with Crippen molar-refractivity contribution in [2.24, 2.45) is 5.41 Å². The second kappa shape index (κ2) is 4.51. The molecule has 0 atom stereocenters. The smallest absolute Gasteiger partial charge is 0.166 e. The van der Waals surface area contributed by atoms with Crippen LogP contribution >= 0.6 is 0 Å². The van der Waals surface area contributed by atoms with Crippen molar-refractivity contribution in [1.29, 1.82) is 0 Å². The standard InChI is InChI=1S/C12H18FNO/c1-12(2,3)6-7-14-9-4-5-11(15)10(13)8-9/h4-5,8,14-15H,6-7H2,1-3H3. The van der Waals surface area contributed by atoms with E-state index in [0.717, 1.165) is 13.0 Å². The molecular formula is C12H18FNO. The molecule has 0 fully saturated rings. The molecule has 0 saturated carbocycles. The summed E-state index contributed by atoms with van der Waals surface area (Å²) in [5.41, 5.74) is 0.970. The Labute approximate surface area is 90.1 Å². The SMILES string of the molecule is CC(C)(C)CCNc1ccc(O)c(F)c1. The van der Waals surface area contributed by atoms with Crippen LogP contribution in [0.4, 0.5) is 10.1 Å². The van der Waals surface area contributed by atoms with E-state index in [4.69, 9.17) is 5.11 Å². The van der Waals surface area contributed by atoms with E-state index < -0.39 is 5.82 Å². The summed E-state index contributed by atoms with van der Waals surface area (Å²) >= 11 is 0. The van der Waals surface area contributed by atoms with Gasteiger partial charge < -0.3 is 10.4 Å². The highest BCUT2D eigenvalue weighted by atomic mass is 19.1. The third kappa shape index (κ3) is 4.19. The second-order valence-corrected chi connectivity index (χ2v) is 4.90. The van der Waals surface area contributed by atoms with E-state index in [9.17, 15) is 4.39 Å². The molecular weight excluding hydrogens is 193 g/mol. The number of phenols is 1. The predicted octanol–water partition coefficient (Wildman–Crippen LogP) is 3.38. The zero-order valence-electron chi connectivity index (χ0n) is 9.47. The first kappa shape index (κ1) is 11.8. The molecule has 0 heterocycles. The number of benzene rings is 1. The maximum absolute atomic E-state index is 13.0. The Morgan fingerprint density at radius 2 is 2.00 bits per heavy atom. The van der Waals surface area contributed by atoms with Crippen LogP contribution in [0.5, 0.6) is 5.75 Å². The predicted molar refractivity (Wildman–Crippen MR) is 60.6 cm³/mol. The Morgan fingerprint density at radius 3 is 2.53 bits per heavy atom. The average molecular weight is 211 g/mol. The fourth-order valence-corrected chi connectivity index (χ4v) is 1.20. The average Bonchev–Trinajstić information content (AvgIpc) is 2.09.